The quantitative estimate of drug-likeness (QED) is 0.868. The van der Waals surface area contributed by atoms with Gasteiger partial charge < -0.3 is 19.9 Å². The van der Waals surface area contributed by atoms with Gasteiger partial charge in [-0.2, -0.15) is 0 Å². The van der Waals surface area contributed by atoms with Crippen LogP contribution in [0.15, 0.2) is 18.2 Å². The SMILES string of the molecule is CN(C)CC(=O)N1CCCCNC(=O)c2cc(Cl)ccc2OCCC1. The number of rotatable bonds is 2. The van der Waals surface area contributed by atoms with Crippen LogP contribution >= 0.6 is 11.6 Å². The Kier molecular flexibility index (Phi) is 7.52. The van der Waals surface area contributed by atoms with Gasteiger partial charge in [0.2, 0.25) is 5.91 Å². The molecule has 0 aromatic heterocycles. The number of hydrogen-bond donors (Lipinski definition) is 1. The lowest BCUT2D eigenvalue weighted by molar-refractivity contribution is -0.132. The summed E-state index contributed by atoms with van der Waals surface area (Å²) in [6, 6.07) is 5.04. The zero-order valence-electron chi connectivity index (χ0n) is 14.9. The molecule has 0 radical (unpaired) electrons. The van der Waals surface area contributed by atoms with Crippen LogP contribution in [0.25, 0.3) is 0 Å². The molecule has 0 fully saturated rings. The van der Waals surface area contributed by atoms with E-state index in [1.807, 2.05) is 23.9 Å². The Morgan fingerprint density at radius 3 is 2.80 bits per heavy atom. The molecule has 0 unspecified atom stereocenters. The van der Waals surface area contributed by atoms with Crippen LogP contribution in [-0.2, 0) is 4.79 Å². The number of nitrogens with zero attached hydrogens (tertiary/aromatic N) is 2. The molecule has 0 spiro atoms. The molecule has 2 amide bonds. The number of ether oxygens (including phenoxy) is 1. The fraction of sp³-hybridized carbons (Fsp3) is 0.556. The third kappa shape index (κ3) is 6.21. The monoisotopic (exact) mass is 367 g/mol. The summed E-state index contributed by atoms with van der Waals surface area (Å²) in [6.45, 7) is 2.74. The van der Waals surface area contributed by atoms with Crippen LogP contribution in [0.1, 0.15) is 29.6 Å². The molecule has 7 heteroatoms. The zero-order valence-corrected chi connectivity index (χ0v) is 15.6. The van der Waals surface area contributed by atoms with Gasteiger partial charge in [-0.05, 0) is 51.6 Å². The Hall–Kier alpha value is -1.79. The first kappa shape index (κ1) is 19.5. The van der Waals surface area contributed by atoms with Gasteiger partial charge in [0, 0.05) is 24.7 Å². The van der Waals surface area contributed by atoms with Crippen LogP contribution in [0, 0.1) is 0 Å². The van der Waals surface area contributed by atoms with Crippen molar-refractivity contribution >= 4 is 23.4 Å². The summed E-state index contributed by atoms with van der Waals surface area (Å²) in [6.07, 6.45) is 2.37. The summed E-state index contributed by atoms with van der Waals surface area (Å²) in [4.78, 5) is 28.4. The number of carbonyl (C=O) groups is 2. The zero-order chi connectivity index (χ0) is 18.2. The van der Waals surface area contributed by atoms with Crippen LogP contribution in [0.3, 0.4) is 0 Å². The van der Waals surface area contributed by atoms with Gasteiger partial charge in [-0.15, -0.1) is 0 Å². The minimum atomic E-state index is -0.183. The normalized spacial score (nSPS) is 16.8. The molecule has 1 aliphatic heterocycles. The molecule has 138 valence electrons. The van der Waals surface area contributed by atoms with Gasteiger partial charge in [0.25, 0.3) is 5.91 Å². The Morgan fingerprint density at radius 2 is 2.04 bits per heavy atom. The molecule has 2 rings (SSSR count). The number of hydrogen-bond acceptors (Lipinski definition) is 4. The highest BCUT2D eigenvalue weighted by Gasteiger charge is 2.17. The van der Waals surface area contributed by atoms with Crippen molar-refractivity contribution in [1.29, 1.82) is 0 Å². The van der Waals surface area contributed by atoms with Gasteiger partial charge in [0.05, 0.1) is 18.7 Å². The van der Waals surface area contributed by atoms with Gasteiger partial charge in [-0.1, -0.05) is 11.6 Å². The molecule has 0 bridgehead atoms. The Bertz CT molecular complexity index is 607. The molecule has 0 saturated heterocycles. The Balaban J connectivity index is 2.06. The molecule has 25 heavy (non-hydrogen) atoms. The van der Waals surface area contributed by atoms with E-state index in [0.717, 1.165) is 12.8 Å². The van der Waals surface area contributed by atoms with Crippen molar-refractivity contribution in [1.82, 2.24) is 15.1 Å². The second-order valence-corrected chi connectivity index (χ2v) is 6.86. The Morgan fingerprint density at radius 1 is 1.28 bits per heavy atom. The Labute approximate surface area is 154 Å². The molecule has 0 aliphatic carbocycles. The first-order valence-electron chi connectivity index (χ1n) is 8.60. The van der Waals surface area contributed by atoms with Crippen LogP contribution in [0.4, 0.5) is 0 Å². The van der Waals surface area contributed by atoms with Crippen molar-refractivity contribution in [2.24, 2.45) is 0 Å². The summed E-state index contributed by atoms with van der Waals surface area (Å²) < 4.78 is 5.77. The summed E-state index contributed by atoms with van der Waals surface area (Å²) in [5.74, 6) is 0.459. The minimum absolute atomic E-state index is 0.121. The number of benzene rings is 1. The number of carbonyl (C=O) groups excluding carboxylic acids is 2. The van der Waals surface area contributed by atoms with Crippen LogP contribution in [-0.4, -0.2) is 68.5 Å². The fourth-order valence-electron chi connectivity index (χ4n) is 2.70. The number of nitrogens with one attached hydrogen (secondary N) is 1. The van der Waals surface area contributed by atoms with E-state index in [-0.39, 0.29) is 11.8 Å². The lowest BCUT2D eigenvalue weighted by Gasteiger charge is -2.24. The highest BCUT2D eigenvalue weighted by Crippen LogP contribution is 2.23. The standard InChI is InChI=1S/C18H26ClN3O3/c1-21(2)13-17(23)22-9-4-3-8-20-18(24)15-12-14(19)6-7-16(15)25-11-5-10-22/h6-7,12H,3-5,8-11,13H2,1-2H3,(H,20,24). The van der Waals surface area contributed by atoms with Crippen molar-refractivity contribution in [3.8, 4) is 5.75 Å². The van der Waals surface area contributed by atoms with E-state index in [1.54, 1.807) is 18.2 Å². The lowest BCUT2D eigenvalue weighted by atomic mass is 10.2. The van der Waals surface area contributed by atoms with E-state index >= 15 is 0 Å². The number of fused-ring (bicyclic) bond motifs is 1. The highest BCUT2D eigenvalue weighted by molar-refractivity contribution is 6.31. The van der Waals surface area contributed by atoms with Gasteiger partial charge in [-0.3, -0.25) is 9.59 Å². The average molecular weight is 368 g/mol. The van der Waals surface area contributed by atoms with E-state index in [1.165, 1.54) is 0 Å². The third-order valence-corrected chi connectivity index (χ3v) is 4.20. The van der Waals surface area contributed by atoms with E-state index in [2.05, 4.69) is 5.32 Å². The van der Waals surface area contributed by atoms with E-state index < -0.39 is 0 Å². The van der Waals surface area contributed by atoms with E-state index in [0.29, 0.717) is 55.5 Å². The maximum atomic E-state index is 12.3. The predicted molar refractivity (Wildman–Crippen MR) is 98.3 cm³/mol. The van der Waals surface area contributed by atoms with Gasteiger partial charge in [0.15, 0.2) is 0 Å². The van der Waals surface area contributed by atoms with Crippen LogP contribution in [0.2, 0.25) is 5.02 Å². The van der Waals surface area contributed by atoms with Crippen molar-refractivity contribution in [2.45, 2.75) is 19.3 Å². The van der Waals surface area contributed by atoms with Gasteiger partial charge in [0.1, 0.15) is 5.75 Å². The van der Waals surface area contributed by atoms with Gasteiger partial charge >= 0.3 is 0 Å². The fourth-order valence-corrected chi connectivity index (χ4v) is 2.87. The summed E-state index contributed by atoms with van der Waals surface area (Å²) in [5, 5.41) is 3.39. The first-order chi connectivity index (χ1) is 12.0. The second kappa shape index (κ2) is 9.63. The summed E-state index contributed by atoms with van der Waals surface area (Å²) in [5.41, 5.74) is 0.451. The van der Waals surface area contributed by atoms with Crippen molar-refractivity contribution in [3.63, 3.8) is 0 Å². The number of amides is 2. The van der Waals surface area contributed by atoms with Gasteiger partial charge in [-0.25, -0.2) is 0 Å². The van der Waals surface area contributed by atoms with E-state index in [9.17, 15) is 9.59 Å². The van der Waals surface area contributed by atoms with Crippen LogP contribution in [0.5, 0.6) is 5.75 Å². The summed E-state index contributed by atoms with van der Waals surface area (Å²) in [7, 11) is 3.78. The van der Waals surface area contributed by atoms with Crippen molar-refractivity contribution in [3.05, 3.63) is 28.8 Å². The topological polar surface area (TPSA) is 61.9 Å². The number of halogens is 1. The third-order valence-electron chi connectivity index (χ3n) is 3.96. The molecule has 1 aromatic carbocycles. The second-order valence-electron chi connectivity index (χ2n) is 6.42. The van der Waals surface area contributed by atoms with Crippen molar-refractivity contribution < 1.29 is 14.3 Å². The largest absolute Gasteiger partial charge is 0.493 e. The molecule has 1 aliphatic rings. The van der Waals surface area contributed by atoms with E-state index in [4.69, 9.17) is 16.3 Å². The predicted octanol–water partition coefficient (Wildman–Crippen LogP) is 2.02. The number of likely N-dealkylation sites (N-methyl/N-ethyl adjacent to an activating group) is 1. The first-order valence-corrected chi connectivity index (χ1v) is 8.98. The highest BCUT2D eigenvalue weighted by atomic mass is 35.5. The summed E-state index contributed by atoms with van der Waals surface area (Å²) >= 11 is 6.01. The lowest BCUT2D eigenvalue weighted by Crippen LogP contribution is -2.39. The van der Waals surface area contributed by atoms with Crippen molar-refractivity contribution in [2.75, 3.05) is 46.9 Å². The molecular formula is C18H26ClN3O3. The minimum Gasteiger partial charge on any atom is -0.493 e. The van der Waals surface area contributed by atoms with Crippen LogP contribution < -0.4 is 10.1 Å². The molecular weight excluding hydrogens is 342 g/mol. The smallest absolute Gasteiger partial charge is 0.255 e. The molecule has 6 nitrogen and oxygen atoms in total. The molecule has 0 saturated carbocycles. The average Bonchev–Trinajstić information content (AvgIpc) is 2.57. The maximum absolute atomic E-state index is 12.3. The molecule has 1 aromatic rings. The maximum Gasteiger partial charge on any atom is 0.255 e. The molecule has 1 N–H and O–H groups in total. The molecule has 0 atom stereocenters. The molecule has 1 heterocycles.